The van der Waals surface area contributed by atoms with E-state index in [4.69, 9.17) is 9.47 Å². The van der Waals surface area contributed by atoms with E-state index in [2.05, 4.69) is 15.9 Å². The molecule has 2 rings (SSSR count). The van der Waals surface area contributed by atoms with Crippen LogP contribution in [0.4, 0.5) is 0 Å². The first kappa shape index (κ1) is 14.7. The summed E-state index contributed by atoms with van der Waals surface area (Å²) in [6.07, 6.45) is 1.55. The molecule has 0 saturated heterocycles. The highest BCUT2D eigenvalue weighted by molar-refractivity contribution is 9.10. The van der Waals surface area contributed by atoms with Gasteiger partial charge in [-0.2, -0.15) is 0 Å². The Morgan fingerprint density at radius 2 is 1.70 bits per heavy atom. The molecule has 20 heavy (non-hydrogen) atoms. The van der Waals surface area contributed by atoms with Gasteiger partial charge in [0.1, 0.15) is 17.2 Å². The average molecular weight is 337 g/mol. The molecule has 0 aliphatic rings. The number of aromatic hydroxyl groups is 1. The van der Waals surface area contributed by atoms with E-state index < -0.39 is 0 Å². The summed E-state index contributed by atoms with van der Waals surface area (Å²) in [5.41, 5.74) is 2.02. The quantitative estimate of drug-likeness (QED) is 0.898. The molecular weight excluding hydrogens is 320 g/mol. The Hall–Kier alpha value is -1.68. The zero-order chi connectivity index (χ0) is 14.5. The van der Waals surface area contributed by atoms with Crippen LogP contribution in [0.2, 0.25) is 0 Å². The van der Waals surface area contributed by atoms with Crippen LogP contribution in [-0.4, -0.2) is 19.3 Å². The van der Waals surface area contributed by atoms with Crippen molar-refractivity contribution in [2.45, 2.75) is 12.8 Å². The minimum absolute atomic E-state index is 0.254. The molecule has 0 amide bonds. The van der Waals surface area contributed by atoms with Crippen molar-refractivity contribution in [1.29, 1.82) is 0 Å². The first-order valence-electron chi connectivity index (χ1n) is 6.32. The number of ether oxygens (including phenoxy) is 2. The van der Waals surface area contributed by atoms with Crippen molar-refractivity contribution in [2.24, 2.45) is 0 Å². The van der Waals surface area contributed by atoms with Crippen LogP contribution in [0, 0.1) is 0 Å². The standard InChI is InChI=1S/C16H17BrO3/c1-19-13-6-3-11(4-7-13)5-8-14-15(18)9-12(17)10-16(14)20-2/h3-4,6-7,9-10,18H,5,8H2,1-2H3. The maximum atomic E-state index is 10.0. The van der Waals surface area contributed by atoms with Gasteiger partial charge in [0, 0.05) is 10.0 Å². The van der Waals surface area contributed by atoms with Crippen molar-refractivity contribution in [2.75, 3.05) is 14.2 Å². The Labute approximate surface area is 127 Å². The summed E-state index contributed by atoms with van der Waals surface area (Å²) in [7, 11) is 3.26. The first-order valence-corrected chi connectivity index (χ1v) is 7.11. The van der Waals surface area contributed by atoms with Crippen LogP contribution < -0.4 is 9.47 Å². The van der Waals surface area contributed by atoms with Crippen LogP contribution >= 0.6 is 15.9 Å². The van der Waals surface area contributed by atoms with Crippen molar-refractivity contribution in [1.82, 2.24) is 0 Å². The van der Waals surface area contributed by atoms with Gasteiger partial charge in [-0.1, -0.05) is 28.1 Å². The molecular formula is C16H17BrO3. The number of rotatable bonds is 5. The third-order valence-corrected chi connectivity index (χ3v) is 3.65. The second-order valence-corrected chi connectivity index (χ2v) is 5.37. The molecule has 0 atom stereocenters. The molecule has 106 valence electrons. The third-order valence-electron chi connectivity index (χ3n) is 3.19. The van der Waals surface area contributed by atoms with Crippen LogP contribution in [0.15, 0.2) is 40.9 Å². The molecule has 0 aromatic heterocycles. The summed E-state index contributed by atoms with van der Waals surface area (Å²) in [4.78, 5) is 0. The van der Waals surface area contributed by atoms with Gasteiger partial charge < -0.3 is 14.6 Å². The van der Waals surface area contributed by atoms with E-state index >= 15 is 0 Å². The molecule has 0 fully saturated rings. The molecule has 4 heteroatoms. The summed E-state index contributed by atoms with van der Waals surface area (Å²) in [5, 5.41) is 10.0. The summed E-state index contributed by atoms with van der Waals surface area (Å²) in [6, 6.07) is 11.5. The van der Waals surface area contributed by atoms with Crippen LogP contribution in [0.3, 0.4) is 0 Å². The predicted molar refractivity (Wildman–Crippen MR) is 82.8 cm³/mol. The number of benzene rings is 2. The van der Waals surface area contributed by atoms with Crippen molar-refractivity contribution in [3.05, 3.63) is 52.0 Å². The second-order valence-electron chi connectivity index (χ2n) is 4.45. The molecule has 2 aromatic rings. The molecule has 1 N–H and O–H groups in total. The van der Waals surface area contributed by atoms with Gasteiger partial charge in [0.05, 0.1) is 14.2 Å². The lowest BCUT2D eigenvalue weighted by molar-refractivity contribution is 0.399. The van der Waals surface area contributed by atoms with E-state index in [1.54, 1.807) is 20.3 Å². The fourth-order valence-corrected chi connectivity index (χ4v) is 2.52. The van der Waals surface area contributed by atoms with Gasteiger partial charge in [-0.25, -0.2) is 0 Å². The zero-order valence-corrected chi connectivity index (χ0v) is 13.1. The third kappa shape index (κ3) is 3.45. The van der Waals surface area contributed by atoms with Crippen molar-refractivity contribution in [3.63, 3.8) is 0 Å². The monoisotopic (exact) mass is 336 g/mol. The number of hydrogen-bond donors (Lipinski definition) is 1. The van der Waals surface area contributed by atoms with E-state index in [1.165, 1.54) is 5.56 Å². The van der Waals surface area contributed by atoms with E-state index in [0.717, 1.165) is 22.2 Å². The Kier molecular flexibility index (Phi) is 4.90. The molecule has 3 nitrogen and oxygen atoms in total. The summed E-state index contributed by atoms with van der Waals surface area (Å²) in [6.45, 7) is 0. The lowest BCUT2D eigenvalue weighted by atomic mass is 10.0. The summed E-state index contributed by atoms with van der Waals surface area (Å²) < 4.78 is 11.3. The van der Waals surface area contributed by atoms with Crippen LogP contribution in [0.1, 0.15) is 11.1 Å². The fraction of sp³-hybridized carbons (Fsp3) is 0.250. The van der Waals surface area contributed by atoms with Gasteiger partial charge in [-0.15, -0.1) is 0 Å². The normalized spacial score (nSPS) is 10.3. The smallest absolute Gasteiger partial charge is 0.126 e. The maximum Gasteiger partial charge on any atom is 0.126 e. The summed E-state index contributed by atoms with van der Waals surface area (Å²) >= 11 is 3.35. The van der Waals surface area contributed by atoms with Crippen LogP contribution in [-0.2, 0) is 12.8 Å². The fourth-order valence-electron chi connectivity index (χ4n) is 2.09. The minimum Gasteiger partial charge on any atom is -0.507 e. The number of halogens is 1. The first-order chi connectivity index (χ1) is 9.63. The molecule has 0 unspecified atom stereocenters. The Morgan fingerprint density at radius 3 is 2.30 bits per heavy atom. The number of aryl methyl sites for hydroxylation is 1. The topological polar surface area (TPSA) is 38.7 Å². The second kappa shape index (κ2) is 6.66. The zero-order valence-electron chi connectivity index (χ0n) is 11.5. The van der Waals surface area contributed by atoms with E-state index in [-0.39, 0.29) is 5.75 Å². The average Bonchev–Trinajstić information content (AvgIpc) is 2.46. The molecule has 0 saturated carbocycles. The maximum absolute atomic E-state index is 10.0. The van der Waals surface area contributed by atoms with Gasteiger partial charge in [-0.05, 0) is 42.7 Å². The Morgan fingerprint density at radius 1 is 1.00 bits per heavy atom. The van der Waals surface area contributed by atoms with Gasteiger partial charge in [0.25, 0.3) is 0 Å². The van der Waals surface area contributed by atoms with Crippen molar-refractivity contribution < 1.29 is 14.6 Å². The molecule has 2 aromatic carbocycles. The Balaban J connectivity index is 2.13. The molecule has 0 aliphatic carbocycles. The number of phenolic OH excluding ortho intramolecular Hbond substituents is 1. The number of methoxy groups -OCH3 is 2. The van der Waals surface area contributed by atoms with Gasteiger partial charge in [0.2, 0.25) is 0 Å². The molecule has 0 heterocycles. The van der Waals surface area contributed by atoms with Crippen molar-refractivity contribution >= 4 is 15.9 Å². The van der Waals surface area contributed by atoms with Crippen molar-refractivity contribution in [3.8, 4) is 17.2 Å². The van der Waals surface area contributed by atoms with Gasteiger partial charge in [0.15, 0.2) is 0 Å². The van der Waals surface area contributed by atoms with Crippen LogP contribution in [0.5, 0.6) is 17.2 Å². The highest BCUT2D eigenvalue weighted by atomic mass is 79.9. The molecule has 0 bridgehead atoms. The molecule has 0 aliphatic heterocycles. The van der Waals surface area contributed by atoms with E-state index in [1.807, 2.05) is 30.3 Å². The number of phenols is 1. The lowest BCUT2D eigenvalue weighted by Crippen LogP contribution is -1.96. The molecule has 0 radical (unpaired) electrons. The van der Waals surface area contributed by atoms with E-state index in [0.29, 0.717) is 12.2 Å². The van der Waals surface area contributed by atoms with Gasteiger partial charge >= 0.3 is 0 Å². The predicted octanol–water partition coefficient (Wildman–Crippen LogP) is 3.96. The summed E-state index contributed by atoms with van der Waals surface area (Å²) in [5.74, 6) is 1.80. The lowest BCUT2D eigenvalue weighted by Gasteiger charge is -2.11. The highest BCUT2D eigenvalue weighted by Gasteiger charge is 2.10. The van der Waals surface area contributed by atoms with E-state index in [9.17, 15) is 5.11 Å². The molecule has 0 spiro atoms. The Bertz CT molecular complexity index is 579. The number of hydrogen-bond acceptors (Lipinski definition) is 3. The minimum atomic E-state index is 0.254. The largest absolute Gasteiger partial charge is 0.507 e. The highest BCUT2D eigenvalue weighted by Crippen LogP contribution is 2.33. The van der Waals surface area contributed by atoms with Crippen LogP contribution in [0.25, 0.3) is 0 Å². The van der Waals surface area contributed by atoms with Gasteiger partial charge in [-0.3, -0.25) is 0 Å². The SMILES string of the molecule is COc1ccc(CCc2c(O)cc(Br)cc2OC)cc1.